The molecule has 0 radical (unpaired) electrons. The van der Waals surface area contributed by atoms with Gasteiger partial charge in [0.25, 0.3) is 0 Å². The first-order valence-corrected chi connectivity index (χ1v) is 5.93. The molecular formula is C10H17ClF3N. The van der Waals surface area contributed by atoms with Crippen molar-refractivity contribution in [3.63, 3.8) is 0 Å². The summed E-state index contributed by atoms with van der Waals surface area (Å²) >= 11 is 5.55. The molecule has 0 spiro atoms. The van der Waals surface area contributed by atoms with Crippen LogP contribution in [0.3, 0.4) is 0 Å². The molecule has 0 aromatic rings. The molecule has 0 aromatic heterocycles. The van der Waals surface area contributed by atoms with E-state index in [1.54, 1.807) is 0 Å². The Kier molecular flexibility index (Phi) is 5.19. The summed E-state index contributed by atoms with van der Waals surface area (Å²) in [6.45, 7) is 0.829. The molecule has 0 bridgehead atoms. The molecule has 0 aromatic carbocycles. The highest BCUT2D eigenvalue weighted by Gasteiger charge is 2.31. The van der Waals surface area contributed by atoms with Gasteiger partial charge in [0, 0.05) is 18.5 Å². The highest BCUT2D eigenvalue weighted by atomic mass is 35.5. The van der Waals surface area contributed by atoms with E-state index in [0.29, 0.717) is 18.5 Å². The van der Waals surface area contributed by atoms with E-state index in [1.165, 1.54) is 0 Å². The van der Waals surface area contributed by atoms with Crippen LogP contribution in [0.1, 0.15) is 32.1 Å². The van der Waals surface area contributed by atoms with Crippen LogP contribution in [0.2, 0.25) is 0 Å². The van der Waals surface area contributed by atoms with Gasteiger partial charge in [0.2, 0.25) is 0 Å². The van der Waals surface area contributed by atoms with Crippen molar-refractivity contribution in [2.45, 2.75) is 44.3 Å². The molecule has 1 aliphatic rings. The Hall–Kier alpha value is 0.0400. The molecule has 90 valence electrons. The summed E-state index contributed by atoms with van der Waals surface area (Å²) < 4.78 is 36.2. The summed E-state index contributed by atoms with van der Waals surface area (Å²) in [6, 6.07) is 0.371. The minimum atomic E-state index is -4.04. The Morgan fingerprint density at radius 3 is 2.27 bits per heavy atom. The van der Waals surface area contributed by atoms with Gasteiger partial charge in [0.1, 0.15) is 0 Å². The number of alkyl halides is 4. The van der Waals surface area contributed by atoms with E-state index in [4.69, 9.17) is 11.6 Å². The molecule has 0 aliphatic heterocycles. The van der Waals surface area contributed by atoms with Gasteiger partial charge in [-0.05, 0) is 25.8 Å². The first kappa shape index (κ1) is 13.1. The largest absolute Gasteiger partial charge is 0.390 e. The van der Waals surface area contributed by atoms with Crippen LogP contribution in [0, 0.1) is 0 Å². The third-order valence-corrected chi connectivity index (χ3v) is 3.12. The van der Waals surface area contributed by atoms with E-state index in [1.807, 2.05) is 4.90 Å². The van der Waals surface area contributed by atoms with Crippen molar-refractivity contribution in [1.29, 1.82) is 0 Å². The maximum atomic E-state index is 12.1. The summed E-state index contributed by atoms with van der Waals surface area (Å²) in [5.74, 6) is 0.523. The average molecular weight is 244 g/mol. The molecule has 0 unspecified atom stereocenters. The van der Waals surface area contributed by atoms with Crippen LogP contribution >= 0.6 is 11.6 Å². The zero-order valence-electron chi connectivity index (χ0n) is 8.69. The van der Waals surface area contributed by atoms with E-state index in [2.05, 4.69) is 0 Å². The van der Waals surface area contributed by atoms with Crippen molar-refractivity contribution in [2.75, 3.05) is 19.0 Å². The minimum absolute atomic E-state index is 0.130. The Balaban J connectivity index is 2.28. The Labute approximate surface area is 93.6 Å². The normalized spacial score (nSPS) is 18.2. The minimum Gasteiger partial charge on any atom is -0.300 e. The van der Waals surface area contributed by atoms with Crippen molar-refractivity contribution in [1.82, 2.24) is 4.90 Å². The molecule has 15 heavy (non-hydrogen) atoms. The Morgan fingerprint density at radius 2 is 1.87 bits per heavy atom. The first-order chi connectivity index (χ1) is 7.03. The lowest BCUT2D eigenvalue weighted by Crippen LogP contribution is -2.42. The Bertz CT molecular complexity index is 180. The van der Waals surface area contributed by atoms with Gasteiger partial charge >= 0.3 is 6.18 Å². The van der Waals surface area contributed by atoms with Crippen LogP contribution in [0.15, 0.2) is 0 Å². The van der Waals surface area contributed by atoms with Crippen molar-refractivity contribution >= 4 is 11.6 Å². The van der Waals surface area contributed by atoms with Gasteiger partial charge in [-0.2, -0.15) is 13.2 Å². The second kappa shape index (κ2) is 5.94. The van der Waals surface area contributed by atoms with Crippen LogP contribution < -0.4 is 0 Å². The molecule has 1 aliphatic carbocycles. The number of hydrogen-bond donors (Lipinski definition) is 0. The molecule has 0 heterocycles. The SMILES string of the molecule is FC(F)(F)CCN(CCCCl)C1CCC1. The molecule has 1 nitrogen and oxygen atoms in total. The van der Waals surface area contributed by atoms with Crippen molar-refractivity contribution < 1.29 is 13.2 Å². The molecule has 0 amide bonds. The predicted octanol–water partition coefficient (Wildman–Crippen LogP) is 3.42. The number of nitrogens with zero attached hydrogens (tertiary/aromatic N) is 1. The van der Waals surface area contributed by atoms with E-state index < -0.39 is 12.6 Å². The smallest absolute Gasteiger partial charge is 0.300 e. The molecule has 0 atom stereocenters. The van der Waals surface area contributed by atoms with Gasteiger partial charge in [-0.25, -0.2) is 0 Å². The molecule has 1 saturated carbocycles. The van der Waals surface area contributed by atoms with Gasteiger partial charge in [0.05, 0.1) is 6.42 Å². The maximum absolute atomic E-state index is 12.1. The second-order valence-corrected chi connectivity index (χ2v) is 4.41. The fourth-order valence-corrected chi connectivity index (χ4v) is 1.88. The van der Waals surface area contributed by atoms with Crippen molar-refractivity contribution in [3.05, 3.63) is 0 Å². The number of hydrogen-bond acceptors (Lipinski definition) is 1. The lowest BCUT2D eigenvalue weighted by atomic mass is 9.91. The zero-order valence-corrected chi connectivity index (χ0v) is 9.45. The molecule has 0 saturated heterocycles. The summed E-state index contributed by atoms with van der Waals surface area (Å²) in [7, 11) is 0. The molecule has 1 rings (SSSR count). The van der Waals surface area contributed by atoms with E-state index in [0.717, 1.165) is 25.7 Å². The third kappa shape index (κ3) is 5.07. The van der Waals surface area contributed by atoms with Gasteiger partial charge in [-0.1, -0.05) is 6.42 Å². The lowest BCUT2D eigenvalue weighted by Gasteiger charge is -2.37. The van der Waals surface area contributed by atoms with E-state index >= 15 is 0 Å². The second-order valence-electron chi connectivity index (χ2n) is 4.03. The lowest BCUT2D eigenvalue weighted by molar-refractivity contribution is -0.140. The van der Waals surface area contributed by atoms with Crippen LogP contribution in [0.25, 0.3) is 0 Å². The highest BCUT2D eigenvalue weighted by molar-refractivity contribution is 6.17. The van der Waals surface area contributed by atoms with Crippen LogP contribution in [0.4, 0.5) is 13.2 Å². The molecule has 0 N–H and O–H groups in total. The monoisotopic (exact) mass is 243 g/mol. The van der Waals surface area contributed by atoms with Gasteiger partial charge in [-0.3, -0.25) is 0 Å². The van der Waals surface area contributed by atoms with E-state index in [-0.39, 0.29) is 6.54 Å². The van der Waals surface area contributed by atoms with E-state index in [9.17, 15) is 13.2 Å². The summed E-state index contributed by atoms with van der Waals surface area (Å²) in [5.41, 5.74) is 0. The first-order valence-electron chi connectivity index (χ1n) is 5.39. The van der Waals surface area contributed by atoms with Gasteiger partial charge in [-0.15, -0.1) is 11.6 Å². The molecular weight excluding hydrogens is 227 g/mol. The average Bonchev–Trinajstić information content (AvgIpc) is 2.05. The molecule has 1 fully saturated rings. The van der Waals surface area contributed by atoms with Crippen molar-refractivity contribution in [2.24, 2.45) is 0 Å². The van der Waals surface area contributed by atoms with Crippen LogP contribution in [-0.2, 0) is 0 Å². The summed E-state index contributed by atoms with van der Waals surface area (Å²) in [5, 5.41) is 0. The standard InChI is InChI=1S/C10H17ClF3N/c11-6-2-7-15(9-3-1-4-9)8-5-10(12,13)14/h9H,1-8H2. The predicted molar refractivity (Wildman–Crippen MR) is 55.2 cm³/mol. The zero-order chi connectivity index (χ0) is 11.3. The number of rotatable bonds is 6. The number of halogens is 4. The van der Waals surface area contributed by atoms with Crippen LogP contribution in [0.5, 0.6) is 0 Å². The quantitative estimate of drug-likeness (QED) is 0.646. The van der Waals surface area contributed by atoms with Gasteiger partial charge in [0.15, 0.2) is 0 Å². The molecule has 5 heteroatoms. The highest BCUT2D eigenvalue weighted by Crippen LogP contribution is 2.27. The third-order valence-electron chi connectivity index (χ3n) is 2.85. The fraction of sp³-hybridized carbons (Fsp3) is 1.00. The summed E-state index contributed by atoms with van der Waals surface area (Å²) in [6.07, 6.45) is -0.737. The van der Waals surface area contributed by atoms with Crippen molar-refractivity contribution in [3.8, 4) is 0 Å². The van der Waals surface area contributed by atoms with Crippen LogP contribution in [-0.4, -0.2) is 36.1 Å². The topological polar surface area (TPSA) is 3.24 Å². The van der Waals surface area contributed by atoms with Gasteiger partial charge < -0.3 is 4.90 Å². The Morgan fingerprint density at radius 1 is 1.20 bits per heavy atom. The summed E-state index contributed by atoms with van der Waals surface area (Å²) in [4.78, 5) is 1.94. The fourth-order valence-electron chi connectivity index (χ4n) is 1.76. The maximum Gasteiger partial charge on any atom is 0.390 e.